The van der Waals surface area contributed by atoms with Gasteiger partial charge in [-0.2, -0.15) is 0 Å². The molecule has 0 radical (unpaired) electrons. The van der Waals surface area contributed by atoms with Gasteiger partial charge in [0.1, 0.15) is 11.6 Å². The molecule has 0 amide bonds. The lowest BCUT2D eigenvalue weighted by molar-refractivity contribution is 0.318. The van der Waals surface area contributed by atoms with E-state index in [1.165, 1.54) is 0 Å². The average Bonchev–Trinajstić information content (AvgIpc) is 2.34. The quantitative estimate of drug-likeness (QED) is 0.908. The van der Waals surface area contributed by atoms with Gasteiger partial charge in [0.25, 0.3) is 0 Å². The van der Waals surface area contributed by atoms with Crippen LogP contribution >= 0.6 is 0 Å². The number of fused-ring (bicyclic) bond motifs is 1. The summed E-state index contributed by atoms with van der Waals surface area (Å²) in [5, 5.41) is 1.08. The molecule has 19 heavy (non-hydrogen) atoms. The molecule has 0 saturated carbocycles. The van der Waals surface area contributed by atoms with Crippen LogP contribution in [0.4, 0.5) is 5.82 Å². The summed E-state index contributed by atoms with van der Waals surface area (Å²) < 4.78 is 5.66. The molecule has 0 bridgehead atoms. The topological polar surface area (TPSA) is 48.1 Å². The first-order valence-electron chi connectivity index (χ1n) is 6.75. The maximum absolute atomic E-state index is 6.05. The zero-order chi connectivity index (χ0) is 14.0. The number of hydrogen-bond acceptors (Lipinski definition) is 3. The van der Waals surface area contributed by atoms with Gasteiger partial charge in [-0.1, -0.05) is 27.7 Å². The molecule has 0 aliphatic rings. The minimum absolute atomic E-state index is 0.00838. The normalized spacial score (nSPS) is 11.8. The lowest BCUT2D eigenvalue weighted by Crippen LogP contribution is -2.15. The molecular formula is C16H22N2O. The third-order valence-corrected chi connectivity index (χ3v) is 3.10. The minimum Gasteiger partial charge on any atom is -0.494 e. The maximum Gasteiger partial charge on any atom is 0.127 e. The Hall–Kier alpha value is -1.77. The standard InChI is InChI=1S/C16H22N2O/c1-5-8-19-12-6-7-14-11(9-12)10-13(15(17)18-14)16(2,3)4/h6-7,9-10H,5,8H2,1-4H3,(H2,17,18). The minimum atomic E-state index is -0.00838. The monoisotopic (exact) mass is 258 g/mol. The predicted octanol–water partition coefficient (Wildman–Crippen LogP) is 3.90. The van der Waals surface area contributed by atoms with Crippen LogP contribution in [0.25, 0.3) is 10.9 Å². The molecule has 1 heterocycles. The Morgan fingerprint density at radius 3 is 2.58 bits per heavy atom. The Balaban J connectivity index is 2.49. The van der Waals surface area contributed by atoms with Gasteiger partial charge in [0.2, 0.25) is 0 Å². The molecule has 0 atom stereocenters. The van der Waals surface area contributed by atoms with E-state index in [2.05, 4.69) is 38.7 Å². The number of nitrogens with zero attached hydrogens (tertiary/aromatic N) is 1. The van der Waals surface area contributed by atoms with Crippen molar-refractivity contribution in [2.24, 2.45) is 0 Å². The fraction of sp³-hybridized carbons (Fsp3) is 0.438. The number of anilines is 1. The summed E-state index contributed by atoms with van der Waals surface area (Å²) in [6.07, 6.45) is 1.01. The van der Waals surface area contributed by atoms with Crippen molar-refractivity contribution in [1.29, 1.82) is 0 Å². The van der Waals surface area contributed by atoms with Gasteiger partial charge >= 0.3 is 0 Å². The number of pyridine rings is 1. The van der Waals surface area contributed by atoms with Crippen LogP contribution in [0.2, 0.25) is 0 Å². The van der Waals surface area contributed by atoms with Crippen molar-refractivity contribution in [3.05, 3.63) is 29.8 Å². The molecule has 2 aromatic rings. The average molecular weight is 258 g/mol. The summed E-state index contributed by atoms with van der Waals surface area (Å²) in [6.45, 7) is 9.26. The maximum atomic E-state index is 6.05. The van der Waals surface area contributed by atoms with Gasteiger partial charge < -0.3 is 10.5 Å². The summed E-state index contributed by atoms with van der Waals surface area (Å²) in [5.74, 6) is 1.50. The van der Waals surface area contributed by atoms with Gasteiger partial charge in [-0.25, -0.2) is 4.98 Å². The molecule has 1 aromatic heterocycles. The molecule has 3 heteroatoms. The number of rotatable bonds is 3. The second kappa shape index (κ2) is 5.08. The molecule has 102 valence electrons. The highest BCUT2D eigenvalue weighted by molar-refractivity contribution is 5.83. The summed E-state index contributed by atoms with van der Waals surface area (Å²) in [4.78, 5) is 4.49. The van der Waals surface area contributed by atoms with Gasteiger partial charge in [0.15, 0.2) is 0 Å². The van der Waals surface area contributed by atoms with E-state index in [0.29, 0.717) is 5.82 Å². The number of nitrogens with two attached hydrogens (primary N) is 1. The first-order valence-corrected chi connectivity index (χ1v) is 6.75. The Morgan fingerprint density at radius 2 is 1.95 bits per heavy atom. The van der Waals surface area contributed by atoms with Crippen LogP contribution in [0.3, 0.4) is 0 Å². The third-order valence-electron chi connectivity index (χ3n) is 3.10. The number of aromatic nitrogens is 1. The molecule has 0 spiro atoms. The van der Waals surface area contributed by atoms with Crippen molar-refractivity contribution in [3.63, 3.8) is 0 Å². The summed E-state index contributed by atoms with van der Waals surface area (Å²) in [5.41, 5.74) is 8.03. The Labute approximate surface area is 114 Å². The van der Waals surface area contributed by atoms with Crippen LogP contribution in [0.1, 0.15) is 39.7 Å². The summed E-state index contributed by atoms with van der Waals surface area (Å²) in [7, 11) is 0. The first kappa shape index (κ1) is 13.7. The van der Waals surface area contributed by atoms with E-state index in [9.17, 15) is 0 Å². The van der Waals surface area contributed by atoms with Crippen molar-refractivity contribution in [3.8, 4) is 5.75 Å². The van der Waals surface area contributed by atoms with Gasteiger partial charge in [-0.15, -0.1) is 0 Å². The fourth-order valence-electron chi connectivity index (χ4n) is 2.08. The molecule has 0 saturated heterocycles. The second-order valence-electron chi connectivity index (χ2n) is 5.87. The lowest BCUT2D eigenvalue weighted by Gasteiger charge is -2.21. The molecule has 0 fully saturated rings. The lowest BCUT2D eigenvalue weighted by atomic mass is 9.86. The van der Waals surface area contributed by atoms with Gasteiger partial charge in [0.05, 0.1) is 12.1 Å². The largest absolute Gasteiger partial charge is 0.494 e. The van der Waals surface area contributed by atoms with E-state index in [1.54, 1.807) is 0 Å². The highest BCUT2D eigenvalue weighted by Gasteiger charge is 2.18. The molecule has 0 aliphatic heterocycles. The van der Waals surface area contributed by atoms with Crippen molar-refractivity contribution in [2.75, 3.05) is 12.3 Å². The van der Waals surface area contributed by atoms with E-state index in [-0.39, 0.29) is 5.41 Å². The molecular weight excluding hydrogens is 236 g/mol. The van der Waals surface area contributed by atoms with E-state index < -0.39 is 0 Å². The SMILES string of the molecule is CCCOc1ccc2nc(N)c(C(C)(C)C)cc2c1. The number of hydrogen-bond donors (Lipinski definition) is 1. The predicted molar refractivity (Wildman–Crippen MR) is 80.6 cm³/mol. The number of nitrogen functional groups attached to an aromatic ring is 1. The molecule has 0 unspecified atom stereocenters. The van der Waals surface area contributed by atoms with Gasteiger partial charge in [-0.05, 0) is 36.1 Å². The smallest absolute Gasteiger partial charge is 0.127 e. The molecule has 3 nitrogen and oxygen atoms in total. The first-order chi connectivity index (χ1) is 8.91. The van der Waals surface area contributed by atoms with Crippen LogP contribution in [0.5, 0.6) is 5.75 Å². The molecule has 0 aliphatic carbocycles. The van der Waals surface area contributed by atoms with Crippen LogP contribution < -0.4 is 10.5 Å². The Morgan fingerprint density at radius 1 is 1.21 bits per heavy atom. The van der Waals surface area contributed by atoms with Crippen molar-refractivity contribution >= 4 is 16.7 Å². The van der Waals surface area contributed by atoms with Crippen LogP contribution in [0.15, 0.2) is 24.3 Å². The number of ether oxygens (including phenoxy) is 1. The van der Waals surface area contributed by atoms with Crippen molar-refractivity contribution < 1.29 is 4.74 Å². The van der Waals surface area contributed by atoms with Crippen molar-refractivity contribution in [1.82, 2.24) is 4.98 Å². The zero-order valence-corrected chi connectivity index (χ0v) is 12.2. The molecule has 2 rings (SSSR count). The Kier molecular flexibility index (Phi) is 3.65. The number of benzene rings is 1. The van der Waals surface area contributed by atoms with Gasteiger partial charge in [-0.3, -0.25) is 0 Å². The van der Waals surface area contributed by atoms with Gasteiger partial charge in [0, 0.05) is 10.9 Å². The molecule has 1 aromatic carbocycles. The van der Waals surface area contributed by atoms with E-state index in [0.717, 1.165) is 35.2 Å². The molecule has 2 N–H and O–H groups in total. The second-order valence-corrected chi connectivity index (χ2v) is 5.87. The Bertz CT molecular complexity index is 585. The zero-order valence-electron chi connectivity index (χ0n) is 12.2. The van der Waals surface area contributed by atoms with E-state index in [4.69, 9.17) is 10.5 Å². The van der Waals surface area contributed by atoms with Crippen LogP contribution in [-0.2, 0) is 5.41 Å². The third kappa shape index (κ3) is 2.98. The summed E-state index contributed by atoms with van der Waals surface area (Å²) in [6, 6.07) is 8.06. The van der Waals surface area contributed by atoms with Crippen LogP contribution in [-0.4, -0.2) is 11.6 Å². The summed E-state index contributed by atoms with van der Waals surface area (Å²) >= 11 is 0. The fourth-order valence-corrected chi connectivity index (χ4v) is 2.08. The van der Waals surface area contributed by atoms with Crippen LogP contribution in [0, 0.1) is 0 Å². The van der Waals surface area contributed by atoms with E-state index in [1.807, 2.05) is 18.2 Å². The highest BCUT2D eigenvalue weighted by atomic mass is 16.5. The van der Waals surface area contributed by atoms with E-state index >= 15 is 0 Å². The van der Waals surface area contributed by atoms with Crippen molar-refractivity contribution in [2.45, 2.75) is 39.5 Å². The highest BCUT2D eigenvalue weighted by Crippen LogP contribution is 2.30.